The second-order valence-electron chi connectivity index (χ2n) is 6.55. The van der Waals surface area contributed by atoms with E-state index in [-0.39, 0.29) is 17.6 Å². The van der Waals surface area contributed by atoms with Crippen molar-refractivity contribution in [2.75, 3.05) is 14.2 Å². The maximum Gasteiger partial charge on any atom is 0.266 e. The number of benzene rings is 1. The van der Waals surface area contributed by atoms with Crippen LogP contribution in [0.4, 0.5) is 4.39 Å². The highest BCUT2D eigenvalue weighted by molar-refractivity contribution is 6.09. The zero-order valence-electron chi connectivity index (χ0n) is 15.8. The smallest absolute Gasteiger partial charge is 0.266 e. The van der Waals surface area contributed by atoms with E-state index in [0.717, 1.165) is 0 Å². The van der Waals surface area contributed by atoms with Gasteiger partial charge in [0.15, 0.2) is 11.5 Å². The van der Waals surface area contributed by atoms with Gasteiger partial charge in [-0.3, -0.25) is 14.7 Å². The van der Waals surface area contributed by atoms with Gasteiger partial charge in [0.25, 0.3) is 5.91 Å². The SMILES string of the molecule is COc1cc(-c2ccon2)cc(C2(c3ccnc(CF)c3)N=C(N)N(C)C2=O)c1. The molecule has 2 N–H and O–H groups in total. The van der Waals surface area contributed by atoms with Crippen LogP contribution in [0.25, 0.3) is 11.3 Å². The topological polar surface area (TPSA) is 107 Å². The van der Waals surface area contributed by atoms with Crippen LogP contribution in [0.1, 0.15) is 16.8 Å². The van der Waals surface area contributed by atoms with Crippen LogP contribution in [0.3, 0.4) is 0 Å². The number of aliphatic imine (C=N–C) groups is 1. The molecule has 8 nitrogen and oxygen atoms in total. The Kier molecular flexibility index (Phi) is 4.50. The predicted octanol–water partition coefficient (Wildman–Crippen LogP) is 2.25. The van der Waals surface area contributed by atoms with E-state index in [1.807, 2.05) is 0 Å². The number of hydrogen-bond acceptors (Lipinski definition) is 7. The minimum absolute atomic E-state index is 0.0550. The first-order valence-corrected chi connectivity index (χ1v) is 8.74. The van der Waals surface area contributed by atoms with Gasteiger partial charge in [-0.05, 0) is 41.5 Å². The average Bonchev–Trinajstić information content (AvgIpc) is 3.37. The number of aromatic nitrogens is 2. The van der Waals surface area contributed by atoms with E-state index in [0.29, 0.717) is 28.1 Å². The molecular weight excluding hydrogens is 377 g/mol. The van der Waals surface area contributed by atoms with E-state index in [1.54, 1.807) is 37.4 Å². The van der Waals surface area contributed by atoms with E-state index in [4.69, 9.17) is 15.0 Å². The Morgan fingerprint density at radius 2 is 2.07 bits per heavy atom. The van der Waals surface area contributed by atoms with Crippen molar-refractivity contribution < 1.29 is 18.4 Å². The first-order chi connectivity index (χ1) is 14.0. The van der Waals surface area contributed by atoms with Crippen molar-refractivity contribution in [3.63, 3.8) is 0 Å². The summed E-state index contributed by atoms with van der Waals surface area (Å²) in [7, 11) is 3.06. The predicted molar refractivity (Wildman–Crippen MR) is 103 cm³/mol. The van der Waals surface area contributed by atoms with Gasteiger partial charge in [-0.15, -0.1) is 0 Å². The maximum atomic E-state index is 13.4. The Morgan fingerprint density at radius 1 is 1.24 bits per heavy atom. The van der Waals surface area contributed by atoms with Gasteiger partial charge in [0, 0.05) is 24.9 Å². The first-order valence-electron chi connectivity index (χ1n) is 8.74. The number of nitrogens with two attached hydrogens (primary N) is 1. The Morgan fingerprint density at radius 3 is 2.69 bits per heavy atom. The van der Waals surface area contributed by atoms with Gasteiger partial charge in [-0.2, -0.15) is 0 Å². The van der Waals surface area contributed by atoms with E-state index in [9.17, 15) is 9.18 Å². The van der Waals surface area contributed by atoms with Gasteiger partial charge in [-0.1, -0.05) is 5.16 Å². The molecule has 4 rings (SSSR count). The molecule has 1 amide bonds. The number of halogens is 1. The number of carbonyl (C=O) groups excluding carboxylic acids is 1. The van der Waals surface area contributed by atoms with Gasteiger partial charge in [0.05, 0.1) is 12.8 Å². The highest BCUT2D eigenvalue weighted by atomic mass is 19.1. The molecule has 0 saturated heterocycles. The number of pyridine rings is 1. The summed E-state index contributed by atoms with van der Waals surface area (Å²) in [6, 6.07) is 10.1. The molecule has 1 aliphatic rings. The Labute approximate surface area is 165 Å². The fourth-order valence-electron chi connectivity index (χ4n) is 3.40. The molecule has 0 fully saturated rings. The van der Waals surface area contributed by atoms with Gasteiger partial charge in [0.1, 0.15) is 24.4 Å². The Bertz CT molecular complexity index is 1100. The minimum Gasteiger partial charge on any atom is -0.497 e. The molecule has 0 radical (unpaired) electrons. The van der Waals surface area contributed by atoms with Crippen LogP contribution in [-0.2, 0) is 17.0 Å². The standard InChI is InChI=1S/C20H18FN5O3/c1-26-18(27)20(24-19(26)22,13-3-5-23-15(9-13)11-21)14-7-12(8-16(10-14)28-2)17-4-6-29-25-17/h3-10H,11H2,1-2H3,(H2,22,24). The number of amides is 1. The third kappa shape index (κ3) is 2.91. The number of likely N-dealkylation sites (N-methyl/N-ethyl adjacent to an activating group) is 1. The number of carbonyl (C=O) groups is 1. The lowest BCUT2D eigenvalue weighted by atomic mass is 9.82. The van der Waals surface area contributed by atoms with E-state index >= 15 is 0 Å². The fourth-order valence-corrected chi connectivity index (χ4v) is 3.40. The normalized spacial score (nSPS) is 18.8. The van der Waals surface area contributed by atoms with Gasteiger partial charge < -0.3 is 15.0 Å². The highest BCUT2D eigenvalue weighted by Gasteiger charge is 2.50. The lowest BCUT2D eigenvalue weighted by Crippen LogP contribution is -2.41. The van der Waals surface area contributed by atoms with Crippen LogP contribution in [0.15, 0.2) is 58.4 Å². The van der Waals surface area contributed by atoms with Crippen molar-refractivity contribution in [3.05, 3.63) is 65.7 Å². The second kappa shape index (κ2) is 7.01. The lowest BCUT2D eigenvalue weighted by molar-refractivity contribution is -0.129. The van der Waals surface area contributed by atoms with E-state index in [1.165, 1.54) is 30.5 Å². The minimum atomic E-state index is -1.50. The molecule has 0 spiro atoms. The van der Waals surface area contributed by atoms with Crippen LogP contribution in [0.2, 0.25) is 0 Å². The molecule has 0 aliphatic carbocycles. The highest BCUT2D eigenvalue weighted by Crippen LogP contribution is 2.42. The molecule has 1 aliphatic heterocycles. The maximum absolute atomic E-state index is 13.4. The summed E-state index contributed by atoms with van der Waals surface area (Å²) in [4.78, 5) is 23.1. The van der Waals surface area contributed by atoms with Crippen molar-refractivity contribution in [2.45, 2.75) is 12.2 Å². The van der Waals surface area contributed by atoms with Gasteiger partial charge >= 0.3 is 0 Å². The number of alkyl halides is 1. The van der Waals surface area contributed by atoms with Gasteiger partial charge in [0.2, 0.25) is 0 Å². The molecule has 3 heterocycles. The summed E-state index contributed by atoms with van der Waals surface area (Å²) in [5, 5.41) is 3.96. The Hall–Kier alpha value is -3.75. The third-order valence-corrected chi connectivity index (χ3v) is 4.90. The third-order valence-electron chi connectivity index (χ3n) is 4.90. The molecule has 1 atom stereocenters. The zero-order chi connectivity index (χ0) is 20.6. The van der Waals surface area contributed by atoms with Gasteiger partial charge in [-0.25, -0.2) is 9.38 Å². The monoisotopic (exact) mass is 395 g/mol. The van der Waals surface area contributed by atoms with Crippen LogP contribution < -0.4 is 10.5 Å². The van der Waals surface area contributed by atoms with Crippen molar-refractivity contribution in [1.29, 1.82) is 0 Å². The van der Waals surface area contributed by atoms with Crippen LogP contribution in [0.5, 0.6) is 5.75 Å². The second-order valence-corrected chi connectivity index (χ2v) is 6.55. The molecule has 1 aromatic carbocycles. The molecule has 29 heavy (non-hydrogen) atoms. The molecule has 148 valence electrons. The number of guanidine groups is 1. The number of nitrogens with zero attached hydrogens (tertiary/aromatic N) is 4. The molecule has 0 saturated carbocycles. The molecule has 2 aromatic heterocycles. The number of rotatable bonds is 5. The lowest BCUT2D eigenvalue weighted by Gasteiger charge is -2.27. The molecule has 1 unspecified atom stereocenters. The van der Waals surface area contributed by atoms with Crippen molar-refractivity contribution in [2.24, 2.45) is 10.7 Å². The van der Waals surface area contributed by atoms with Crippen molar-refractivity contribution in [1.82, 2.24) is 15.0 Å². The molecule has 9 heteroatoms. The number of methoxy groups -OCH3 is 1. The van der Waals surface area contributed by atoms with Crippen molar-refractivity contribution in [3.8, 4) is 17.0 Å². The quantitative estimate of drug-likeness (QED) is 0.710. The van der Waals surface area contributed by atoms with Crippen LogP contribution in [-0.4, -0.2) is 41.1 Å². The molecule has 3 aromatic rings. The summed E-state index contributed by atoms with van der Waals surface area (Å²) in [6.45, 7) is -0.768. The summed E-state index contributed by atoms with van der Waals surface area (Å²) in [6.07, 6.45) is 2.90. The zero-order valence-corrected chi connectivity index (χ0v) is 15.8. The summed E-state index contributed by atoms with van der Waals surface area (Å²) in [5.41, 5.74) is 6.88. The fraction of sp³-hybridized carbons (Fsp3) is 0.200. The Balaban J connectivity index is 2.01. The summed E-state index contributed by atoms with van der Waals surface area (Å²) < 4.78 is 23.7. The average molecular weight is 395 g/mol. The van der Waals surface area contributed by atoms with Crippen LogP contribution >= 0.6 is 0 Å². The first kappa shape index (κ1) is 18.6. The summed E-state index contributed by atoms with van der Waals surface area (Å²) >= 11 is 0. The van der Waals surface area contributed by atoms with E-state index in [2.05, 4.69) is 15.1 Å². The van der Waals surface area contributed by atoms with E-state index < -0.39 is 12.2 Å². The molecular formula is C20H18FN5O3. The number of hydrogen-bond donors (Lipinski definition) is 1. The molecule has 0 bridgehead atoms. The van der Waals surface area contributed by atoms with Crippen LogP contribution in [0, 0.1) is 0 Å². The largest absolute Gasteiger partial charge is 0.497 e. The number of ether oxygens (including phenoxy) is 1. The van der Waals surface area contributed by atoms with Crippen molar-refractivity contribution >= 4 is 11.9 Å². The summed E-state index contributed by atoms with van der Waals surface area (Å²) in [5.74, 6) is 0.181.